The van der Waals surface area contributed by atoms with E-state index in [0.29, 0.717) is 15.7 Å². The van der Waals surface area contributed by atoms with Crippen molar-refractivity contribution >= 4 is 40.5 Å². The number of aryl methyl sites for hydroxylation is 1. The van der Waals surface area contributed by atoms with Crippen molar-refractivity contribution in [2.24, 2.45) is 0 Å². The molecule has 1 atom stereocenters. The number of aromatic nitrogens is 2. The Balaban J connectivity index is 2.06. The van der Waals surface area contributed by atoms with Gasteiger partial charge in [-0.1, -0.05) is 34.8 Å². The van der Waals surface area contributed by atoms with Gasteiger partial charge in [-0.3, -0.25) is 0 Å². The second-order valence-electron chi connectivity index (χ2n) is 5.23. The fraction of sp³-hybridized carbons (Fsp3) is 0.333. The third kappa shape index (κ3) is 2.75. The number of anilines is 1. The van der Waals surface area contributed by atoms with Crippen LogP contribution in [-0.4, -0.2) is 16.7 Å². The van der Waals surface area contributed by atoms with Crippen molar-refractivity contribution in [1.29, 1.82) is 0 Å². The summed E-state index contributed by atoms with van der Waals surface area (Å²) in [4.78, 5) is 2.09. The third-order valence-corrected chi connectivity index (χ3v) is 4.80. The number of halogens is 4. The molecule has 0 aliphatic carbocycles. The predicted molar refractivity (Wildman–Crippen MR) is 87.5 cm³/mol. The molecule has 0 spiro atoms. The Kier molecular flexibility index (Phi) is 4.44. The normalized spacial score (nSPS) is 15.6. The molecule has 3 nitrogen and oxygen atoms in total. The lowest BCUT2D eigenvalue weighted by Gasteiger charge is -2.36. The van der Waals surface area contributed by atoms with Gasteiger partial charge in [0.1, 0.15) is 5.82 Å². The Morgan fingerprint density at radius 3 is 2.77 bits per heavy atom. The summed E-state index contributed by atoms with van der Waals surface area (Å²) in [5.41, 5.74) is 2.35. The van der Waals surface area contributed by atoms with Crippen LogP contribution < -0.4 is 4.90 Å². The second kappa shape index (κ2) is 6.19. The van der Waals surface area contributed by atoms with Crippen molar-refractivity contribution in [3.8, 4) is 0 Å². The van der Waals surface area contributed by atoms with Gasteiger partial charge in [-0.25, -0.2) is 4.39 Å². The van der Waals surface area contributed by atoms with E-state index >= 15 is 0 Å². The number of benzene rings is 1. The maximum absolute atomic E-state index is 13.8. The minimum atomic E-state index is -0.476. The smallest absolute Gasteiger partial charge is 0.153 e. The lowest BCUT2D eigenvalue weighted by atomic mass is 10.0. The zero-order valence-corrected chi connectivity index (χ0v) is 14.1. The number of hydrogen-bond donors (Lipinski definition) is 0. The quantitative estimate of drug-likeness (QED) is 0.699. The minimum absolute atomic E-state index is 0.0558. The molecule has 1 aromatic heterocycles. The van der Waals surface area contributed by atoms with Crippen molar-refractivity contribution in [3.05, 3.63) is 50.5 Å². The van der Waals surface area contributed by atoms with Gasteiger partial charge in [0, 0.05) is 23.2 Å². The van der Waals surface area contributed by atoms with Gasteiger partial charge in [0.05, 0.1) is 22.4 Å². The van der Waals surface area contributed by atoms with Crippen molar-refractivity contribution in [3.63, 3.8) is 0 Å². The van der Waals surface area contributed by atoms with Gasteiger partial charge < -0.3 is 4.90 Å². The predicted octanol–water partition coefficient (Wildman–Crippen LogP) is 5.09. The van der Waals surface area contributed by atoms with E-state index in [-0.39, 0.29) is 11.1 Å². The molecular weight excluding hydrogens is 348 g/mol. The summed E-state index contributed by atoms with van der Waals surface area (Å²) >= 11 is 18.3. The van der Waals surface area contributed by atoms with E-state index in [4.69, 9.17) is 34.8 Å². The SMILES string of the molecule is CC(c1c(Cl)ccc(F)c1Cl)N1CCCc2nnc(Cl)cc21. The van der Waals surface area contributed by atoms with Crippen LogP contribution in [0.1, 0.15) is 30.6 Å². The zero-order valence-electron chi connectivity index (χ0n) is 11.8. The first kappa shape index (κ1) is 15.8. The molecule has 7 heteroatoms. The Morgan fingerprint density at radius 1 is 1.23 bits per heavy atom. The van der Waals surface area contributed by atoms with Crippen molar-refractivity contribution < 1.29 is 4.39 Å². The first-order valence-corrected chi connectivity index (χ1v) is 8.04. The Labute approximate surface area is 143 Å². The molecule has 1 aliphatic rings. The summed E-state index contributed by atoms with van der Waals surface area (Å²) in [5, 5.41) is 8.86. The molecule has 0 saturated heterocycles. The standard InChI is InChI=1S/C15H13Cl3FN3/c1-8(14-9(16)4-5-10(19)15(14)18)22-6-2-3-11-12(22)7-13(17)21-20-11/h4-5,7-8H,2-3,6H2,1H3. The molecule has 2 heterocycles. The van der Waals surface area contributed by atoms with Crippen molar-refractivity contribution in [2.75, 3.05) is 11.4 Å². The van der Waals surface area contributed by atoms with E-state index in [0.717, 1.165) is 30.8 Å². The number of fused-ring (bicyclic) bond motifs is 1. The van der Waals surface area contributed by atoms with Gasteiger partial charge in [-0.15, -0.1) is 5.10 Å². The molecule has 3 rings (SSSR count). The average molecular weight is 361 g/mol. The van der Waals surface area contributed by atoms with Gasteiger partial charge in [-0.2, -0.15) is 5.10 Å². The van der Waals surface area contributed by atoms with E-state index in [1.54, 1.807) is 6.07 Å². The van der Waals surface area contributed by atoms with Gasteiger partial charge in [0.25, 0.3) is 0 Å². The molecule has 116 valence electrons. The fourth-order valence-electron chi connectivity index (χ4n) is 2.83. The van der Waals surface area contributed by atoms with E-state index in [2.05, 4.69) is 15.1 Å². The highest BCUT2D eigenvalue weighted by molar-refractivity contribution is 6.36. The number of rotatable bonds is 2. The molecule has 0 fully saturated rings. The fourth-order valence-corrected chi connectivity index (χ4v) is 3.66. The van der Waals surface area contributed by atoms with E-state index in [1.165, 1.54) is 12.1 Å². The second-order valence-corrected chi connectivity index (χ2v) is 6.40. The van der Waals surface area contributed by atoms with Crippen molar-refractivity contribution in [2.45, 2.75) is 25.8 Å². The van der Waals surface area contributed by atoms with E-state index in [1.807, 2.05) is 6.92 Å². The summed E-state index contributed by atoms with van der Waals surface area (Å²) in [7, 11) is 0. The van der Waals surface area contributed by atoms with Gasteiger partial charge in [0.2, 0.25) is 0 Å². The van der Waals surface area contributed by atoms with Crippen LogP contribution in [0.4, 0.5) is 10.1 Å². The Morgan fingerprint density at radius 2 is 2.00 bits per heavy atom. The molecule has 0 bridgehead atoms. The summed E-state index contributed by atoms with van der Waals surface area (Å²) < 4.78 is 13.8. The number of hydrogen-bond acceptors (Lipinski definition) is 3. The first-order valence-electron chi connectivity index (χ1n) is 6.91. The van der Waals surface area contributed by atoms with Crippen LogP contribution >= 0.6 is 34.8 Å². The van der Waals surface area contributed by atoms with Crippen LogP contribution in [0.15, 0.2) is 18.2 Å². The molecule has 1 aromatic carbocycles. The van der Waals surface area contributed by atoms with Crippen LogP contribution in [0.2, 0.25) is 15.2 Å². The van der Waals surface area contributed by atoms with Crippen LogP contribution in [0.5, 0.6) is 0 Å². The summed E-state index contributed by atoms with van der Waals surface area (Å²) in [5.74, 6) is -0.476. The minimum Gasteiger partial charge on any atom is -0.363 e. The van der Waals surface area contributed by atoms with E-state index in [9.17, 15) is 4.39 Å². The summed E-state index contributed by atoms with van der Waals surface area (Å²) in [6.45, 7) is 2.73. The largest absolute Gasteiger partial charge is 0.363 e. The van der Waals surface area contributed by atoms with Gasteiger partial charge >= 0.3 is 0 Å². The van der Waals surface area contributed by atoms with Crippen LogP contribution in [0.3, 0.4) is 0 Å². The van der Waals surface area contributed by atoms with Crippen molar-refractivity contribution in [1.82, 2.24) is 10.2 Å². The first-order chi connectivity index (χ1) is 10.5. The Bertz CT molecular complexity index is 723. The van der Waals surface area contributed by atoms with Crippen LogP contribution in [-0.2, 0) is 6.42 Å². The highest BCUT2D eigenvalue weighted by atomic mass is 35.5. The van der Waals surface area contributed by atoms with Crippen LogP contribution in [0, 0.1) is 5.82 Å². The molecule has 1 unspecified atom stereocenters. The monoisotopic (exact) mass is 359 g/mol. The molecule has 2 aromatic rings. The average Bonchev–Trinajstić information content (AvgIpc) is 2.50. The third-order valence-electron chi connectivity index (χ3n) is 3.90. The lowest BCUT2D eigenvalue weighted by Crippen LogP contribution is -2.33. The maximum atomic E-state index is 13.8. The highest BCUT2D eigenvalue weighted by Crippen LogP contribution is 2.39. The molecule has 0 N–H and O–H groups in total. The topological polar surface area (TPSA) is 29.0 Å². The highest BCUT2D eigenvalue weighted by Gasteiger charge is 2.27. The maximum Gasteiger partial charge on any atom is 0.153 e. The summed E-state index contributed by atoms with van der Waals surface area (Å²) in [6, 6.07) is 4.38. The molecule has 22 heavy (non-hydrogen) atoms. The Hall–Kier alpha value is -1.10. The molecule has 1 aliphatic heterocycles. The van der Waals surface area contributed by atoms with E-state index < -0.39 is 5.82 Å². The number of nitrogens with zero attached hydrogens (tertiary/aromatic N) is 3. The summed E-state index contributed by atoms with van der Waals surface area (Å²) in [6.07, 6.45) is 1.77. The lowest BCUT2D eigenvalue weighted by molar-refractivity contribution is 0.591. The molecule has 0 saturated carbocycles. The van der Waals surface area contributed by atoms with Gasteiger partial charge in [0.15, 0.2) is 5.15 Å². The molecule has 0 radical (unpaired) electrons. The molecular formula is C15H13Cl3FN3. The zero-order chi connectivity index (χ0) is 15.9. The molecule has 0 amide bonds. The van der Waals surface area contributed by atoms with Gasteiger partial charge in [-0.05, 0) is 31.9 Å². The van der Waals surface area contributed by atoms with Crippen LogP contribution in [0.25, 0.3) is 0 Å².